The molecule has 1 aromatic heterocycles. The number of nitrogens with zero attached hydrogens (tertiary/aromatic N) is 1. The van der Waals surface area contributed by atoms with Gasteiger partial charge in [0.05, 0.1) is 0 Å². The maximum atomic E-state index is 11.3. The first-order valence-electron chi connectivity index (χ1n) is 4.12. The maximum absolute atomic E-state index is 11.3. The Hall–Kier alpha value is -1.25. The van der Waals surface area contributed by atoms with E-state index in [0.29, 0.717) is 5.69 Å². The summed E-state index contributed by atoms with van der Waals surface area (Å²) in [6.45, 7) is 4.06. The summed E-state index contributed by atoms with van der Waals surface area (Å²) in [5.41, 5.74) is 5.96. The zero-order valence-electron chi connectivity index (χ0n) is 7.45. The highest BCUT2D eigenvalue weighted by Crippen LogP contribution is 2.06. The molecule has 0 aromatic carbocycles. The van der Waals surface area contributed by atoms with Crippen LogP contribution in [0.15, 0.2) is 23.1 Å². The lowest BCUT2D eigenvalue weighted by molar-refractivity contribution is 0.514. The predicted octanol–water partition coefficient (Wildman–Crippen LogP) is 1.40. The van der Waals surface area contributed by atoms with E-state index < -0.39 is 0 Å². The summed E-state index contributed by atoms with van der Waals surface area (Å²) in [5.74, 6) is 0. The Kier molecular flexibility index (Phi) is 2.53. The molecule has 0 bridgehead atoms. The molecule has 2 N–H and O–H groups in total. The molecule has 1 atom stereocenters. The normalized spacial score (nSPS) is 12.8. The van der Waals surface area contributed by atoms with Crippen LogP contribution in [0.4, 0.5) is 5.69 Å². The molecule has 0 fully saturated rings. The number of nitrogens with two attached hydrogens (primary N) is 1. The molecule has 0 amide bonds. The van der Waals surface area contributed by atoms with Crippen LogP contribution in [0.25, 0.3) is 0 Å². The van der Waals surface area contributed by atoms with Crippen LogP contribution in [0.2, 0.25) is 0 Å². The first-order chi connectivity index (χ1) is 5.65. The zero-order valence-corrected chi connectivity index (χ0v) is 7.45. The van der Waals surface area contributed by atoms with Gasteiger partial charge >= 0.3 is 0 Å². The fraction of sp³-hybridized carbons (Fsp3) is 0.444. The van der Waals surface area contributed by atoms with Gasteiger partial charge in [-0.05, 0) is 19.4 Å². The molecule has 12 heavy (non-hydrogen) atoms. The van der Waals surface area contributed by atoms with Gasteiger partial charge in [-0.15, -0.1) is 0 Å². The van der Waals surface area contributed by atoms with E-state index in [4.69, 9.17) is 5.73 Å². The first-order valence-corrected chi connectivity index (χ1v) is 4.12. The van der Waals surface area contributed by atoms with Crippen LogP contribution >= 0.6 is 0 Å². The van der Waals surface area contributed by atoms with Gasteiger partial charge in [-0.1, -0.05) is 6.92 Å². The Labute approximate surface area is 71.8 Å². The molecule has 0 saturated carbocycles. The third-order valence-electron chi connectivity index (χ3n) is 2.04. The van der Waals surface area contributed by atoms with E-state index in [1.54, 1.807) is 16.8 Å². The zero-order chi connectivity index (χ0) is 9.14. The largest absolute Gasteiger partial charge is 0.399 e. The monoisotopic (exact) mass is 166 g/mol. The molecule has 3 nitrogen and oxygen atoms in total. The van der Waals surface area contributed by atoms with Crippen molar-refractivity contribution in [2.45, 2.75) is 26.3 Å². The minimum atomic E-state index is -0.0237. The summed E-state index contributed by atoms with van der Waals surface area (Å²) >= 11 is 0. The molecular weight excluding hydrogens is 152 g/mol. The average molecular weight is 166 g/mol. The van der Waals surface area contributed by atoms with Gasteiger partial charge < -0.3 is 10.3 Å². The SMILES string of the molecule is CCC(C)n1ccc(N)cc1=O. The first kappa shape index (κ1) is 8.84. The standard InChI is InChI=1S/C9H14N2O/c1-3-7(2)11-5-4-8(10)6-9(11)12/h4-7H,3,10H2,1-2H3. The molecule has 0 aliphatic carbocycles. The molecule has 0 spiro atoms. The summed E-state index contributed by atoms with van der Waals surface area (Å²) in [5, 5.41) is 0. The second-order valence-corrected chi connectivity index (χ2v) is 2.96. The Morgan fingerprint density at radius 2 is 2.33 bits per heavy atom. The van der Waals surface area contributed by atoms with Gasteiger partial charge in [-0.2, -0.15) is 0 Å². The van der Waals surface area contributed by atoms with Crippen LogP contribution in [-0.4, -0.2) is 4.57 Å². The predicted molar refractivity (Wildman–Crippen MR) is 50.1 cm³/mol. The Morgan fingerprint density at radius 1 is 1.67 bits per heavy atom. The van der Waals surface area contributed by atoms with Gasteiger partial charge in [0.2, 0.25) is 0 Å². The van der Waals surface area contributed by atoms with Crippen molar-refractivity contribution in [3.05, 3.63) is 28.7 Å². The molecule has 1 aromatic rings. The average Bonchev–Trinajstić information content (AvgIpc) is 2.03. The minimum absolute atomic E-state index is 0.0237. The summed E-state index contributed by atoms with van der Waals surface area (Å²) in [6, 6.07) is 3.44. The van der Waals surface area contributed by atoms with Gasteiger partial charge in [0.25, 0.3) is 5.56 Å². The van der Waals surface area contributed by atoms with E-state index >= 15 is 0 Å². The van der Waals surface area contributed by atoms with Crippen molar-refractivity contribution in [3.63, 3.8) is 0 Å². The molecule has 1 rings (SSSR count). The van der Waals surface area contributed by atoms with Gasteiger partial charge in [0, 0.05) is 24.0 Å². The lowest BCUT2D eigenvalue weighted by atomic mass is 10.2. The summed E-state index contributed by atoms with van der Waals surface area (Å²) < 4.78 is 1.69. The van der Waals surface area contributed by atoms with Crippen molar-refractivity contribution in [2.75, 3.05) is 5.73 Å². The van der Waals surface area contributed by atoms with Crippen LogP contribution < -0.4 is 11.3 Å². The van der Waals surface area contributed by atoms with Crippen molar-refractivity contribution in [1.82, 2.24) is 4.57 Å². The molecule has 0 aliphatic rings. The topological polar surface area (TPSA) is 48.0 Å². The smallest absolute Gasteiger partial charge is 0.252 e. The van der Waals surface area contributed by atoms with Gasteiger partial charge in [-0.25, -0.2) is 0 Å². The summed E-state index contributed by atoms with van der Waals surface area (Å²) in [4.78, 5) is 11.3. The van der Waals surface area contributed by atoms with Crippen molar-refractivity contribution in [2.24, 2.45) is 0 Å². The molecule has 3 heteroatoms. The Balaban J connectivity index is 3.10. The van der Waals surface area contributed by atoms with Crippen molar-refractivity contribution in [1.29, 1.82) is 0 Å². The Bertz CT molecular complexity index is 317. The molecule has 66 valence electrons. The molecule has 0 radical (unpaired) electrons. The minimum Gasteiger partial charge on any atom is -0.399 e. The van der Waals surface area contributed by atoms with Crippen molar-refractivity contribution < 1.29 is 0 Å². The number of nitrogen functional groups attached to an aromatic ring is 1. The number of pyridine rings is 1. The molecule has 0 aliphatic heterocycles. The molecule has 0 saturated heterocycles. The van der Waals surface area contributed by atoms with E-state index in [-0.39, 0.29) is 11.6 Å². The van der Waals surface area contributed by atoms with Crippen LogP contribution in [0.3, 0.4) is 0 Å². The number of aromatic nitrogens is 1. The van der Waals surface area contributed by atoms with Crippen LogP contribution in [-0.2, 0) is 0 Å². The van der Waals surface area contributed by atoms with Crippen LogP contribution in [0, 0.1) is 0 Å². The number of hydrogen-bond acceptors (Lipinski definition) is 2. The van der Waals surface area contributed by atoms with Crippen molar-refractivity contribution in [3.8, 4) is 0 Å². The van der Waals surface area contributed by atoms with E-state index in [0.717, 1.165) is 6.42 Å². The third-order valence-corrected chi connectivity index (χ3v) is 2.04. The fourth-order valence-electron chi connectivity index (χ4n) is 1.07. The van der Waals surface area contributed by atoms with Crippen molar-refractivity contribution >= 4 is 5.69 Å². The molecule has 1 unspecified atom stereocenters. The quantitative estimate of drug-likeness (QED) is 0.722. The lowest BCUT2D eigenvalue weighted by Crippen LogP contribution is -2.21. The second kappa shape index (κ2) is 3.43. The van der Waals surface area contributed by atoms with Gasteiger partial charge in [-0.3, -0.25) is 4.79 Å². The van der Waals surface area contributed by atoms with E-state index in [1.807, 2.05) is 13.8 Å². The highest BCUT2D eigenvalue weighted by Gasteiger charge is 2.02. The highest BCUT2D eigenvalue weighted by atomic mass is 16.1. The van der Waals surface area contributed by atoms with Crippen LogP contribution in [0.1, 0.15) is 26.3 Å². The fourth-order valence-corrected chi connectivity index (χ4v) is 1.07. The van der Waals surface area contributed by atoms with Gasteiger partial charge in [0.15, 0.2) is 0 Å². The lowest BCUT2D eigenvalue weighted by Gasteiger charge is -2.11. The molecule has 1 heterocycles. The Morgan fingerprint density at radius 3 is 2.83 bits per heavy atom. The number of rotatable bonds is 2. The molecular formula is C9H14N2O. The second-order valence-electron chi connectivity index (χ2n) is 2.96. The van der Waals surface area contributed by atoms with E-state index in [2.05, 4.69) is 0 Å². The highest BCUT2D eigenvalue weighted by molar-refractivity contribution is 5.34. The van der Waals surface area contributed by atoms with E-state index in [1.165, 1.54) is 6.07 Å². The summed E-state index contributed by atoms with van der Waals surface area (Å²) in [7, 11) is 0. The van der Waals surface area contributed by atoms with Crippen LogP contribution in [0.5, 0.6) is 0 Å². The van der Waals surface area contributed by atoms with E-state index in [9.17, 15) is 4.79 Å². The third kappa shape index (κ3) is 1.67. The maximum Gasteiger partial charge on any atom is 0.252 e. The number of anilines is 1. The summed E-state index contributed by atoms with van der Waals surface area (Å²) in [6.07, 6.45) is 2.69. The van der Waals surface area contributed by atoms with Gasteiger partial charge in [0.1, 0.15) is 0 Å². The number of hydrogen-bond donors (Lipinski definition) is 1.